The van der Waals surface area contributed by atoms with Crippen LogP contribution in [0.5, 0.6) is 0 Å². The molecule has 0 aliphatic carbocycles. The van der Waals surface area contributed by atoms with Crippen molar-refractivity contribution < 1.29 is 2.74 Å². The van der Waals surface area contributed by atoms with E-state index < -0.39 is 0 Å². The van der Waals surface area contributed by atoms with Crippen LogP contribution in [-0.4, -0.2) is 0 Å². The summed E-state index contributed by atoms with van der Waals surface area (Å²) in [4.78, 5) is 3.07. The standard InChI is InChI=1S/C8H4N2/c1-10-8-5-3-2-4-7(8)6-9/h2-5H/i2D,3D. The summed E-state index contributed by atoms with van der Waals surface area (Å²) in [6.07, 6.45) is 0. The van der Waals surface area contributed by atoms with Gasteiger partial charge in [0.1, 0.15) is 0 Å². The van der Waals surface area contributed by atoms with Gasteiger partial charge in [0.15, 0.2) is 0 Å². The zero-order valence-electron chi connectivity index (χ0n) is 7.05. The molecular weight excluding hydrogens is 124 g/mol. The van der Waals surface area contributed by atoms with Crippen molar-refractivity contribution in [3.8, 4) is 6.07 Å². The van der Waals surface area contributed by atoms with E-state index in [1.165, 1.54) is 12.1 Å². The second-order valence-corrected chi connectivity index (χ2v) is 1.60. The van der Waals surface area contributed by atoms with E-state index in [0.29, 0.717) is 0 Å². The maximum absolute atomic E-state index is 8.53. The first-order valence-corrected chi connectivity index (χ1v) is 2.58. The van der Waals surface area contributed by atoms with E-state index in [4.69, 9.17) is 14.6 Å². The molecule has 1 aromatic carbocycles. The van der Waals surface area contributed by atoms with Gasteiger partial charge in [-0.15, -0.1) is 0 Å². The van der Waals surface area contributed by atoms with Crippen LogP contribution in [-0.2, 0) is 0 Å². The predicted molar refractivity (Wildman–Crippen MR) is 37.4 cm³/mol. The van der Waals surface area contributed by atoms with Crippen LogP contribution < -0.4 is 0 Å². The Morgan fingerprint density at radius 3 is 2.90 bits per heavy atom. The average molecular weight is 130 g/mol. The molecule has 2 nitrogen and oxygen atoms in total. The first-order chi connectivity index (χ1) is 5.69. The van der Waals surface area contributed by atoms with E-state index in [0.717, 1.165) is 0 Å². The smallest absolute Gasteiger partial charge is 0.204 e. The third-order valence-corrected chi connectivity index (χ3v) is 1.03. The predicted octanol–water partition coefficient (Wildman–Crippen LogP) is 2.11. The molecule has 0 N–H and O–H groups in total. The van der Waals surface area contributed by atoms with E-state index in [1.807, 2.05) is 0 Å². The summed E-state index contributed by atoms with van der Waals surface area (Å²) in [5.41, 5.74) is 0.296. The normalized spacial score (nSPS) is 10.6. The molecule has 0 aliphatic rings. The maximum Gasteiger partial charge on any atom is 0.204 e. The number of para-hydroxylation sites is 1. The van der Waals surface area contributed by atoms with Gasteiger partial charge >= 0.3 is 0 Å². The fourth-order valence-electron chi connectivity index (χ4n) is 0.558. The lowest BCUT2D eigenvalue weighted by atomic mass is 10.2. The Kier molecular flexibility index (Phi) is 1.09. The fraction of sp³-hybridized carbons (Fsp3) is 0. The van der Waals surface area contributed by atoms with Crippen LogP contribution in [0.15, 0.2) is 24.2 Å². The second kappa shape index (κ2) is 2.66. The van der Waals surface area contributed by atoms with Crippen LogP contribution >= 0.6 is 0 Å². The molecule has 1 rings (SSSR count). The van der Waals surface area contributed by atoms with Gasteiger partial charge in [0.25, 0.3) is 0 Å². The highest BCUT2D eigenvalue weighted by atomic mass is 14.6. The Labute approximate surface area is 62.0 Å². The van der Waals surface area contributed by atoms with Gasteiger partial charge in [-0.1, -0.05) is 24.2 Å². The van der Waals surface area contributed by atoms with E-state index in [9.17, 15) is 0 Å². The zero-order valence-corrected chi connectivity index (χ0v) is 5.05. The first-order valence-electron chi connectivity index (χ1n) is 3.58. The Hall–Kier alpha value is -1.80. The van der Waals surface area contributed by atoms with Gasteiger partial charge in [-0.25, -0.2) is 4.85 Å². The third-order valence-electron chi connectivity index (χ3n) is 1.03. The molecule has 0 heterocycles. The van der Waals surface area contributed by atoms with Crippen molar-refractivity contribution in [2.75, 3.05) is 0 Å². The Bertz CT molecular complexity index is 360. The molecule has 0 amide bonds. The molecule has 0 spiro atoms. The lowest BCUT2D eigenvalue weighted by Gasteiger charge is -1.88. The molecule has 0 radical (unpaired) electrons. The highest BCUT2D eigenvalue weighted by Gasteiger charge is 1.95. The Morgan fingerprint density at radius 2 is 2.30 bits per heavy atom. The fourth-order valence-corrected chi connectivity index (χ4v) is 0.558. The lowest BCUT2D eigenvalue weighted by Crippen LogP contribution is -1.70. The number of nitrogens with zero attached hydrogens (tertiary/aromatic N) is 2. The minimum atomic E-state index is -0.0287. The van der Waals surface area contributed by atoms with E-state index in [-0.39, 0.29) is 23.3 Å². The number of rotatable bonds is 0. The molecule has 0 aliphatic heterocycles. The van der Waals surface area contributed by atoms with Crippen molar-refractivity contribution in [2.24, 2.45) is 0 Å². The SMILES string of the molecule is [2H]c1cc(C#N)c([N+]#[C-])cc1[2H]. The Balaban J connectivity index is 3.44. The van der Waals surface area contributed by atoms with Gasteiger partial charge in [0.05, 0.1) is 20.9 Å². The quantitative estimate of drug-likeness (QED) is 0.494. The molecule has 2 heteroatoms. The monoisotopic (exact) mass is 130 g/mol. The van der Waals surface area contributed by atoms with E-state index >= 15 is 0 Å². The number of hydrogen-bond acceptors (Lipinski definition) is 1. The van der Waals surface area contributed by atoms with E-state index in [2.05, 4.69) is 4.85 Å². The van der Waals surface area contributed by atoms with Crippen LogP contribution in [0.25, 0.3) is 4.85 Å². The highest BCUT2D eigenvalue weighted by Crippen LogP contribution is 2.16. The molecular formula is C8H4N2. The molecule has 0 bridgehead atoms. The molecule has 0 saturated carbocycles. The van der Waals surface area contributed by atoms with Gasteiger partial charge in [-0.05, 0) is 0 Å². The Morgan fingerprint density at radius 1 is 1.60 bits per heavy atom. The summed E-state index contributed by atoms with van der Waals surface area (Å²) in [5, 5.41) is 8.53. The maximum atomic E-state index is 8.53. The number of hydrogen-bond donors (Lipinski definition) is 0. The van der Waals surface area contributed by atoms with Crippen molar-refractivity contribution in [3.05, 3.63) is 41.2 Å². The van der Waals surface area contributed by atoms with Gasteiger partial charge in [0.2, 0.25) is 5.69 Å². The van der Waals surface area contributed by atoms with Crippen LogP contribution in [0.3, 0.4) is 0 Å². The zero-order chi connectivity index (χ0) is 9.14. The third kappa shape index (κ3) is 0.962. The average Bonchev–Trinajstić information content (AvgIpc) is 2.09. The highest BCUT2D eigenvalue weighted by molar-refractivity contribution is 5.57. The molecule has 0 atom stereocenters. The van der Waals surface area contributed by atoms with Crippen molar-refractivity contribution in [2.45, 2.75) is 0 Å². The molecule has 0 saturated heterocycles. The molecule has 10 heavy (non-hydrogen) atoms. The summed E-state index contributed by atoms with van der Waals surface area (Å²) in [6, 6.07) is 4.20. The molecule has 46 valence electrons. The van der Waals surface area contributed by atoms with Crippen molar-refractivity contribution in [3.63, 3.8) is 0 Å². The molecule has 0 aromatic heterocycles. The van der Waals surface area contributed by atoms with Crippen LogP contribution in [0.2, 0.25) is 0 Å². The van der Waals surface area contributed by atoms with E-state index in [1.54, 1.807) is 6.07 Å². The van der Waals surface area contributed by atoms with Crippen molar-refractivity contribution in [1.29, 1.82) is 5.26 Å². The number of benzene rings is 1. The summed E-state index contributed by atoms with van der Waals surface area (Å²) in [7, 11) is 0. The van der Waals surface area contributed by atoms with Crippen LogP contribution in [0.1, 0.15) is 8.30 Å². The van der Waals surface area contributed by atoms with Crippen LogP contribution in [0.4, 0.5) is 5.69 Å². The first kappa shape index (κ1) is 4.09. The second-order valence-electron chi connectivity index (χ2n) is 1.60. The minimum Gasteiger partial charge on any atom is -0.237 e. The van der Waals surface area contributed by atoms with Gasteiger partial charge in [-0.2, -0.15) is 5.26 Å². The largest absolute Gasteiger partial charge is 0.237 e. The topological polar surface area (TPSA) is 28.1 Å². The van der Waals surface area contributed by atoms with Crippen molar-refractivity contribution >= 4 is 5.69 Å². The van der Waals surface area contributed by atoms with Crippen molar-refractivity contribution in [1.82, 2.24) is 0 Å². The summed E-state index contributed by atoms with van der Waals surface area (Å²) >= 11 is 0. The lowest BCUT2D eigenvalue weighted by molar-refractivity contribution is 1.49. The molecule has 1 aromatic rings. The molecule has 0 unspecified atom stereocenters. The van der Waals surface area contributed by atoms with Gasteiger partial charge in [-0.3, -0.25) is 0 Å². The van der Waals surface area contributed by atoms with Gasteiger partial charge in [0, 0.05) is 0 Å². The van der Waals surface area contributed by atoms with Crippen LogP contribution in [0, 0.1) is 17.9 Å². The minimum absolute atomic E-state index is 0.0278. The van der Waals surface area contributed by atoms with Gasteiger partial charge < -0.3 is 0 Å². The summed E-state index contributed by atoms with van der Waals surface area (Å²) in [5.74, 6) is 0. The summed E-state index contributed by atoms with van der Waals surface area (Å²) < 4.78 is 14.4. The number of nitriles is 1. The summed E-state index contributed by atoms with van der Waals surface area (Å²) in [6.45, 7) is 6.68. The molecule has 0 fully saturated rings.